The number of aryl methyl sites for hydroxylation is 2. The van der Waals surface area contributed by atoms with Crippen LogP contribution in [0.1, 0.15) is 43.9 Å². The highest BCUT2D eigenvalue weighted by molar-refractivity contribution is 7.90. The summed E-state index contributed by atoms with van der Waals surface area (Å²) in [5.74, 6) is -0.126. The van der Waals surface area contributed by atoms with Gasteiger partial charge in [0.25, 0.3) is 0 Å². The van der Waals surface area contributed by atoms with Crippen molar-refractivity contribution in [3.05, 3.63) is 59.2 Å². The van der Waals surface area contributed by atoms with E-state index in [4.69, 9.17) is 0 Å². The van der Waals surface area contributed by atoms with Gasteiger partial charge in [0, 0.05) is 18.4 Å². The Kier molecular flexibility index (Phi) is 5.91. The van der Waals surface area contributed by atoms with Crippen molar-refractivity contribution in [2.75, 3.05) is 11.6 Å². The highest BCUT2D eigenvalue weighted by Gasteiger charge is 2.14. The zero-order valence-corrected chi connectivity index (χ0v) is 16.9. The normalized spacial score (nSPS) is 12.0. The summed E-state index contributed by atoms with van der Waals surface area (Å²) in [5, 5.41) is 2.83. The number of carbonyl (C=O) groups is 1. The van der Waals surface area contributed by atoms with Crippen molar-refractivity contribution in [2.45, 2.75) is 50.8 Å². The molecule has 0 unspecified atom stereocenters. The lowest BCUT2D eigenvalue weighted by Gasteiger charge is -2.19. The Hall–Kier alpha value is -2.14. The van der Waals surface area contributed by atoms with Crippen molar-refractivity contribution >= 4 is 21.4 Å². The van der Waals surface area contributed by atoms with Crippen LogP contribution in [0.3, 0.4) is 0 Å². The Morgan fingerprint density at radius 2 is 1.65 bits per heavy atom. The highest BCUT2D eigenvalue weighted by Crippen LogP contribution is 2.23. The van der Waals surface area contributed by atoms with Crippen LogP contribution in [0.25, 0.3) is 0 Å². The number of rotatable bonds is 5. The summed E-state index contributed by atoms with van der Waals surface area (Å²) in [5.41, 5.74) is 3.85. The van der Waals surface area contributed by atoms with E-state index in [0.717, 1.165) is 17.4 Å². The van der Waals surface area contributed by atoms with E-state index in [9.17, 15) is 13.2 Å². The Bertz CT molecular complexity index is 892. The van der Waals surface area contributed by atoms with E-state index in [-0.39, 0.29) is 16.2 Å². The molecule has 5 heteroatoms. The molecule has 26 heavy (non-hydrogen) atoms. The first kappa shape index (κ1) is 20.2. The number of hydrogen-bond donors (Lipinski definition) is 1. The fraction of sp³-hybridized carbons (Fsp3) is 0.381. The molecule has 0 saturated carbocycles. The number of hydrogen-bond acceptors (Lipinski definition) is 3. The van der Waals surface area contributed by atoms with Crippen LogP contribution in [-0.4, -0.2) is 20.6 Å². The smallest absolute Gasteiger partial charge is 0.224 e. The van der Waals surface area contributed by atoms with Crippen LogP contribution in [0.4, 0.5) is 5.69 Å². The average molecular weight is 374 g/mol. The van der Waals surface area contributed by atoms with E-state index < -0.39 is 9.84 Å². The molecule has 0 atom stereocenters. The first-order valence-electron chi connectivity index (χ1n) is 8.67. The molecule has 2 rings (SSSR count). The number of amides is 1. The fourth-order valence-corrected chi connectivity index (χ4v) is 3.26. The first-order chi connectivity index (χ1) is 12.0. The molecule has 1 N–H and O–H groups in total. The Balaban J connectivity index is 2.01. The van der Waals surface area contributed by atoms with Crippen LogP contribution < -0.4 is 5.32 Å². The van der Waals surface area contributed by atoms with Crippen molar-refractivity contribution in [3.8, 4) is 0 Å². The largest absolute Gasteiger partial charge is 0.326 e. The van der Waals surface area contributed by atoms with E-state index >= 15 is 0 Å². The molecule has 0 aliphatic rings. The Morgan fingerprint density at radius 1 is 1.04 bits per heavy atom. The van der Waals surface area contributed by atoms with Crippen LogP contribution in [0.5, 0.6) is 0 Å². The van der Waals surface area contributed by atoms with Gasteiger partial charge in [-0.15, -0.1) is 0 Å². The second kappa shape index (κ2) is 7.62. The third kappa shape index (κ3) is 5.43. The molecule has 0 bridgehead atoms. The van der Waals surface area contributed by atoms with Crippen LogP contribution in [0.15, 0.2) is 47.4 Å². The maximum atomic E-state index is 12.3. The van der Waals surface area contributed by atoms with Gasteiger partial charge in [-0.3, -0.25) is 4.79 Å². The van der Waals surface area contributed by atoms with Crippen LogP contribution >= 0.6 is 0 Å². The van der Waals surface area contributed by atoms with Crippen molar-refractivity contribution in [1.29, 1.82) is 0 Å². The average Bonchev–Trinajstić information content (AvgIpc) is 2.53. The number of sulfone groups is 1. The van der Waals surface area contributed by atoms with E-state index in [0.29, 0.717) is 18.5 Å². The summed E-state index contributed by atoms with van der Waals surface area (Å²) in [6.45, 7) is 8.35. The lowest BCUT2D eigenvalue weighted by molar-refractivity contribution is -0.116. The number of benzene rings is 2. The van der Waals surface area contributed by atoms with Gasteiger partial charge in [-0.05, 0) is 47.6 Å². The van der Waals surface area contributed by atoms with Gasteiger partial charge in [0.2, 0.25) is 5.91 Å². The summed E-state index contributed by atoms with van der Waals surface area (Å²) in [4.78, 5) is 12.5. The van der Waals surface area contributed by atoms with Crippen molar-refractivity contribution < 1.29 is 13.2 Å². The summed E-state index contributed by atoms with van der Waals surface area (Å²) in [7, 11) is -3.30. The fourth-order valence-electron chi connectivity index (χ4n) is 2.61. The molecule has 0 aliphatic carbocycles. The third-order valence-corrected chi connectivity index (χ3v) is 5.48. The zero-order valence-electron chi connectivity index (χ0n) is 16.1. The van der Waals surface area contributed by atoms with E-state index in [1.807, 2.05) is 6.92 Å². The Labute approximate surface area is 156 Å². The predicted octanol–water partition coefficient (Wildman–Crippen LogP) is 4.27. The van der Waals surface area contributed by atoms with Crippen LogP contribution in [0, 0.1) is 6.92 Å². The molecular weight excluding hydrogens is 346 g/mol. The monoisotopic (exact) mass is 373 g/mol. The minimum absolute atomic E-state index is 0.109. The second-order valence-corrected chi connectivity index (χ2v) is 9.76. The molecule has 0 saturated heterocycles. The van der Waals surface area contributed by atoms with Gasteiger partial charge >= 0.3 is 0 Å². The van der Waals surface area contributed by atoms with Gasteiger partial charge in [0.05, 0.1) is 4.90 Å². The van der Waals surface area contributed by atoms with Crippen molar-refractivity contribution in [1.82, 2.24) is 0 Å². The molecule has 0 heterocycles. The van der Waals surface area contributed by atoms with Gasteiger partial charge < -0.3 is 5.32 Å². The summed E-state index contributed by atoms with van der Waals surface area (Å²) in [6, 6.07) is 13.1. The predicted molar refractivity (Wildman–Crippen MR) is 106 cm³/mol. The van der Waals surface area contributed by atoms with Crippen LogP contribution in [0.2, 0.25) is 0 Å². The lowest BCUT2D eigenvalue weighted by atomic mass is 9.86. The Morgan fingerprint density at radius 3 is 2.19 bits per heavy atom. The van der Waals surface area contributed by atoms with Gasteiger partial charge in [0.15, 0.2) is 9.84 Å². The standard InChI is InChI=1S/C21H27NO3S/c1-15-6-12-18(26(5,24)25)14-19(15)22-20(23)13-9-16-7-10-17(11-8-16)21(2,3)4/h6-8,10-12,14H,9,13H2,1-5H3,(H,22,23). The van der Waals surface area contributed by atoms with Crippen LogP contribution in [-0.2, 0) is 26.5 Å². The molecule has 2 aromatic rings. The maximum absolute atomic E-state index is 12.3. The van der Waals surface area contributed by atoms with Gasteiger partial charge in [-0.2, -0.15) is 0 Å². The minimum atomic E-state index is -3.30. The summed E-state index contributed by atoms with van der Waals surface area (Å²) < 4.78 is 23.4. The topological polar surface area (TPSA) is 63.2 Å². The van der Waals surface area contributed by atoms with E-state index in [1.165, 1.54) is 11.6 Å². The molecule has 0 fully saturated rings. The first-order valence-corrected chi connectivity index (χ1v) is 10.6. The lowest BCUT2D eigenvalue weighted by Crippen LogP contribution is -2.14. The van der Waals surface area contributed by atoms with Crippen molar-refractivity contribution in [3.63, 3.8) is 0 Å². The minimum Gasteiger partial charge on any atom is -0.326 e. The molecule has 0 radical (unpaired) electrons. The highest BCUT2D eigenvalue weighted by atomic mass is 32.2. The number of nitrogens with one attached hydrogen (secondary N) is 1. The summed E-state index contributed by atoms with van der Waals surface area (Å²) in [6.07, 6.45) is 2.14. The molecular formula is C21H27NO3S. The molecule has 2 aromatic carbocycles. The van der Waals surface area contributed by atoms with E-state index in [1.54, 1.807) is 12.1 Å². The third-order valence-electron chi connectivity index (χ3n) is 4.37. The SMILES string of the molecule is Cc1ccc(S(C)(=O)=O)cc1NC(=O)CCc1ccc(C(C)(C)C)cc1. The molecule has 1 amide bonds. The van der Waals surface area contributed by atoms with E-state index in [2.05, 4.69) is 50.4 Å². The quantitative estimate of drug-likeness (QED) is 0.851. The molecule has 0 aliphatic heterocycles. The molecule has 0 aromatic heterocycles. The van der Waals surface area contributed by atoms with Gasteiger partial charge in [-0.1, -0.05) is 51.1 Å². The second-order valence-electron chi connectivity index (χ2n) is 7.74. The maximum Gasteiger partial charge on any atom is 0.224 e. The number of anilines is 1. The van der Waals surface area contributed by atoms with Gasteiger partial charge in [0.1, 0.15) is 0 Å². The summed E-state index contributed by atoms with van der Waals surface area (Å²) >= 11 is 0. The number of carbonyl (C=O) groups excluding carboxylic acids is 1. The van der Waals surface area contributed by atoms with Gasteiger partial charge in [-0.25, -0.2) is 8.42 Å². The molecule has 0 spiro atoms. The molecule has 140 valence electrons. The molecule has 4 nitrogen and oxygen atoms in total. The van der Waals surface area contributed by atoms with Crippen molar-refractivity contribution in [2.24, 2.45) is 0 Å². The zero-order chi connectivity index (χ0) is 19.5.